The molecule has 30 heavy (non-hydrogen) atoms. The van der Waals surface area contributed by atoms with Crippen molar-refractivity contribution in [2.24, 2.45) is 0 Å². The van der Waals surface area contributed by atoms with Crippen LogP contribution in [0, 0.1) is 6.92 Å². The molecule has 2 heterocycles. The van der Waals surface area contributed by atoms with Crippen LogP contribution in [0.3, 0.4) is 0 Å². The summed E-state index contributed by atoms with van der Waals surface area (Å²) in [7, 11) is -2.27. The standard InChI is InChI=1S/C21H18ClN3O3S2/c1-14-11-17(28-2)4-3-16(14)13-25(21-24-9-10-29-21)30(26,27)18-5-6-19-15(12-18)7-8-23-20(19)22/h3-12H,13H2,1-2H3. The minimum Gasteiger partial charge on any atom is -0.497 e. The van der Waals surface area contributed by atoms with Gasteiger partial charge in [0.1, 0.15) is 10.9 Å². The minimum absolute atomic E-state index is 0.154. The molecule has 6 nitrogen and oxygen atoms in total. The second-order valence-corrected chi connectivity index (χ2v) is 9.70. The summed E-state index contributed by atoms with van der Waals surface area (Å²) in [5, 5.41) is 3.89. The van der Waals surface area contributed by atoms with Gasteiger partial charge in [0.05, 0.1) is 18.6 Å². The topological polar surface area (TPSA) is 72.4 Å². The van der Waals surface area contributed by atoms with E-state index in [1.807, 2.05) is 25.1 Å². The van der Waals surface area contributed by atoms with Gasteiger partial charge in [-0.3, -0.25) is 0 Å². The van der Waals surface area contributed by atoms with Gasteiger partial charge in [-0.25, -0.2) is 22.7 Å². The first kappa shape index (κ1) is 20.6. The summed E-state index contributed by atoms with van der Waals surface area (Å²) in [5.41, 5.74) is 1.80. The molecule has 2 aromatic carbocycles. The number of thiazole rings is 1. The van der Waals surface area contributed by atoms with E-state index in [0.717, 1.165) is 16.9 Å². The first-order chi connectivity index (χ1) is 14.4. The summed E-state index contributed by atoms with van der Waals surface area (Å²) in [4.78, 5) is 8.46. The lowest BCUT2D eigenvalue weighted by Gasteiger charge is -2.23. The molecule has 0 fully saturated rings. The highest BCUT2D eigenvalue weighted by Gasteiger charge is 2.28. The predicted molar refractivity (Wildman–Crippen MR) is 120 cm³/mol. The number of hydrogen-bond donors (Lipinski definition) is 0. The Labute approximate surface area is 183 Å². The van der Waals surface area contributed by atoms with Gasteiger partial charge in [0.25, 0.3) is 10.0 Å². The third-order valence-electron chi connectivity index (χ3n) is 4.77. The van der Waals surface area contributed by atoms with E-state index in [1.54, 1.807) is 49.1 Å². The number of sulfonamides is 1. The second-order valence-electron chi connectivity index (χ2n) is 6.60. The van der Waals surface area contributed by atoms with Crippen LogP contribution < -0.4 is 9.04 Å². The number of anilines is 1. The van der Waals surface area contributed by atoms with Crippen molar-refractivity contribution in [1.29, 1.82) is 0 Å². The van der Waals surface area contributed by atoms with Crippen LogP contribution in [0.15, 0.2) is 65.1 Å². The van der Waals surface area contributed by atoms with Crippen molar-refractivity contribution >= 4 is 48.9 Å². The molecule has 0 atom stereocenters. The Morgan fingerprint density at radius 3 is 2.63 bits per heavy atom. The van der Waals surface area contributed by atoms with Crippen molar-refractivity contribution < 1.29 is 13.2 Å². The summed E-state index contributed by atoms with van der Waals surface area (Å²) >= 11 is 7.40. The summed E-state index contributed by atoms with van der Waals surface area (Å²) in [6.45, 7) is 2.08. The van der Waals surface area contributed by atoms with E-state index in [-0.39, 0.29) is 11.4 Å². The van der Waals surface area contributed by atoms with Gasteiger partial charge in [0, 0.05) is 23.2 Å². The van der Waals surface area contributed by atoms with Gasteiger partial charge >= 0.3 is 0 Å². The fraction of sp³-hybridized carbons (Fsp3) is 0.143. The molecule has 0 bridgehead atoms. The van der Waals surface area contributed by atoms with Crippen molar-refractivity contribution in [2.75, 3.05) is 11.4 Å². The monoisotopic (exact) mass is 459 g/mol. The molecule has 0 aliphatic rings. The maximum absolute atomic E-state index is 13.6. The lowest BCUT2D eigenvalue weighted by molar-refractivity contribution is 0.414. The zero-order valence-corrected chi connectivity index (χ0v) is 18.6. The molecule has 2 aromatic heterocycles. The van der Waals surface area contributed by atoms with Crippen molar-refractivity contribution in [3.8, 4) is 5.75 Å². The molecular formula is C21H18ClN3O3S2. The molecule has 9 heteroatoms. The molecule has 0 amide bonds. The number of pyridine rings is 1. The summed E-state index contributed by atoms with van der Waals surface area (Å²) in [6.07, 6.45) is 3.15. The zero-order valence-electron chi connectivity index (χ0n) is 16.2. The van der Waals surface area contributed by atoms with Crippen LogP contribution in [0.5, 0.6) is 5.75 Å². The lowest BCUT2D eigenvalue weighted by Crippen LogP contribution is -2.30. The van der Waals surface area contributed by atoms with Gasteiger partial charge in [0.15, 0.2) is 5.13 Å². The fourth-order valence-corrected chi connectivity index (χ4v) is 5.66. The molecule has 0 aliphatic carbocycles. The molecule has 0 saturated heterocycles. The number of fused-ring (bicyclic) bond motifs is 1. The average molecular weight is 460 g/mol. The number of rotatable bonds is 6. The molecule has 4 rings (SSSR count). The number of benzene rings is 2. The van der Waals surface area contributed by atoms with E-state index in [1.165, 1.54) is 15.6 Å². The largest absolute Gasteiger partial charge is 0.497 e. The van der Waals surface area contributed by atoms with Crippen molar-refractivity contribution in [2.45, 2.75) is 18.4 Å². The highest BCUT2D eigenvalue weighted by atomic mass is 35.5. The van der Waals surface area contributed by atoms with Gasteiger partial charge in [-0.2, -0.15) is 0 Å². The van der Waals surface area contributed by atoms with Gasteiger partial charge < -0.3 is 4.74 Å². The molecule has 0 radical (unpaired) electrons. The molecule has 0 spiro atoms. The van der Waals surface area contributed by atoms with Crippen LogP contribution in [-0.4, -0.2) is 25.5 Å². The Morgan fingerprint density at radius 1 is 1.10 bits per heavy atom. The number of nitrogens with zero attached hydrogens (tertiary/aromatic N) is 3. The Bertz CT molecular complexity index is 1310. The highest BCUT2D eigenvalue weighted by Crippen LogP contribution is 2.31. The third-order valence-corrected chi connectivity index (χ3v) is 7.71. The number of ether oxygens (including phenoxy) is 1. The summed E-state index contributed by atoms with van der Waals surface area (Å²) < 4.78 is 33.8. The van der Waals surface area contributed by atoms with Crippen LogP contribution in [0.25, 0.3) is 10.8 Å². The summed E-state index contributed by atoms with van der Waals surface area (Å²) in [6, 6.07) is 12.1. The van der Waals surface area contributed by atoms with E-state index in [0.29, 0.717) is 21.1 Å². The number of halogens is 1. The second kappa shape index (κ2) is 8.22. The molecule has 0 aliphatic heterocycles. The van der Waals surface area contributed by atoms with E-state index >= 15 is 0 Å². The Hall–Kier alpha value is -2.68. The van der Waals surface area contributed by atoms with E-state index in [4.69, 9.17) is 16.3 Å². The smallest absolute Gasteiger partial charge is 0.266 e. The normalized spacial score (nSPS) is 11.6. The van der Waals surface area contributed by atoms with Crippen LogP contribution >= 0.6 is 22.9 Å². The van der Waals surface area contributed by atoms with E-state index < -0.39 is 10.0 Å². The quantitative estimate of drug-likeness (QED) is 0.377. The SMILES string of the molecule is COc1ccc(CN(c2nccs2)S(=O)(=O)c2ccc3c(Cl)nccc3c2)c(C)c1. The first-order valence-electron chi connectivity index (χ1n) is 9.00. The number of hydrogen-bond acceptors (Lipinski definition) is 6. The van der Waals surface area contributed by atoms with E-state index in [2.05, 4.69) is 9.97 Å². The molecule has 0 unspecified atom stereocenters. The third kappa shape index (κ3) is 3.86. The van der Waals surface area contributed by atoms with Crippen LogP contribution in [0.1, 0.15) is 11.1 Å². The fourth-order valence-electron chi connectivity index (χ4n) is 3.13. The minimum atomic E-state index is -3.87. The molecular weight excluding hydrogens is 442 g/mol. The van der Waals surface area contributed by atoms with Crippen molar-refractivity contribution in [3.63, 3.8) is 0 Å². The maximum atomic E-state index is 13.6. The first-order valence-corrected chi connectivity index (χ1v) is 11.7. The molecule has 4 aromatic rings. The predicted octanol–water partition coefficient (Wildman–Crippen LogP) is 5.06. The Kier molecular flexibility index (Phi) is 5.64. The van der Waals surface area contributed by atoms with Crippen LogP contribution in [-0.2, 0) is 16.6 Å². The number of methoxy groups -OCH3 is 1. The number of aryl methyl sites for hydroxylation is 1. The maximum Gasteiger partial charge on any atom is 0.266 e. The van der Waals surface area contributed by atoms with E-state index in [9.17, 15) is 8.42 Å². The van der Waals surface area contributed by atoms with Crippen molar-refractivity contribution in [1.82, 2.24) is 9.97 Å². The highest BCUT2D eigenvalue weighted by molar-refractivity contribution is 7.93. The lowest BCUT2D eigenvalue weighted by atomic mass is 10.1. The van der Waals surface area contributed by atoms with Crippen molar-refractivity contribution in [3.05, 3.63) is 76.5 Å². The summed E-state index contributed by atoms with van der Waals surface area (Å²) in [5.74, 6) is 0.722. The molecule has 154 valence electrons. The molecule has 0 saturated carbocycles. The Morgan fingerprint density at radius 2 is 1.93 bits per heavy atom. The van der Waals surface area contributed by atoms with Gasteiger partial charge in [-0.1, -0.05) is 17.7 Å². The number of aromatic nitrogens is 2. The average Bonchev–Trinajstić information content (AvgIpc) is 3.27. The van der Waals surface area contributed by atoms with Crippen LogP contribution in [0.4, 0.5) is 5.13 Å². The Balaban J connectivity index is 1.79. The van der Waals surface area contributed by atoms with Gasteiger partial charge in [-0.05, 0) is 59.8 Å². The van der Waals surface area contributed by atoms with Crippen LogP contribution in [0.2, 0.25) is 5.15 Å². The zero-order chi connectivity index (χ0) is 21.3. The van der Waals surface area contributed by atoms with Gasteiger partial charge in [-0.15, -0.1) is 11.3 Å². The van der Waals surface area contributed by atoms with Gasteiger partial charge in [0.2, 0.25) is 0 Å². The molecule has 0 N–H and O–H groups in total.